The SMILES string of the molecule is COc1ccc(OC)c(-c2cc(C(=O)N3CCCC[C@H]3C(=O)N3CCN(C)CC3)no2)c1. The van der Waals surface area contributed by atoms with Crippen molar-refractivity contribution in [1.29, 1.82) is 0 Å². The Hall–Kier alpha value is -3.07. The Kier molecular flexibility index (Phi) is 6.64. The molecule has 0 aliphatic carbocycles. The predicted octanol–water partition coefficient (Wildman–Crippen LogP) is 2.13. The number of ether oxygens (including phenoxy) is 2. The number of aromatic nitrogens is 1. The second-order valence-corrected chi connectivity index (χ2v) is 8.28. The zero-order valence-corrected chi connectivity index (χ0v) is 18.9. The van der Waals surface area contributed by atoms with Gasteiger partial charge in [-0.15, -0.1) is 0 Å². The number of carbonyl (C=O) groups excluding carboxylic acids is 2. The number of piperazine rings is 1. The number of hydrogen-bond acceptors (Lipinski definition) is 7. The molecule has 9 heteroatoms. The Labute approximate surface area is 187 Å². The fourth-order valence-electron chi connectivity index (χ4n) is 4.33. The first kappa shape index (κ1) is 22.1. The highest BCUT2D eigenvalue weighted by atomic mass is 16.5. The number of nitrogens with zero attached hydrogens (tertiary/aromatic N) is 4. The van der Waals surface area contributed by atoms with Crippen LogP contribution in [-0.4, -0.2) is 91.7 Å². The number of carbonyl (C=O) groups is 2. The summed E-state index contributed by atoms with van der Waals surface area (Å²) in [4.78, 5) is 32.3. The van der Waals surface area contributed by atoms with Gasteiger partial charge < -0.3 is 28.7 Å². The number of likely N-dealkylation sites (tertiary alicyclic amines) is 1. The quantitative estimate of drug-likeness (QED) is 0.701. The zero-order chi connectivity index (χ0) is 22.7. The van der Waals surface area contributed by atoms with E-state index in [0.29, 0.717) is 48.9 Å². The molecule has 2 aromatic rings. The van der Waals surface area contributed by atoms with Crippen molar-refractivity contribution in [3.8, 4) is 22.8 Å². The van der Waals surface area contributed by atoms with Gasteiger partial charge in [-0.1, -0.05) is 5.16 Å². The number of rotatable bonds is 5. The Bertz CT molecular complexity index is 967. The van der Waals surface area contributed by atoms with Crippen molar-refractivity contribution in [2.45, 2.75) is 25.3 Å². The summed E-state index contributed by atoms with van der Waals surface area (Å²) in [6.45, 7) is 3.62. The summed E-state index contributed by atoms with van der Waals surface area (Å²) in [5.41, 5.74) is 0.824. The molecule has 0 saturated carbocycles. The summed E-state index contributed by atoms with van der Waals surface area (Å²) in [6.07, 6.45) is 2.47. The lowest BCUT2D eigenvalue weighted by molar-refractivity contribution is -0.138. The molecule has 1 aromatic carbocycles. The fourth-order valence-corrected chi connectivity index (χ4v) is 4.33. The molecule has 0 N–H and O–H groups in total. The molecular weight excluding hydrogens is 412 g/mol. The monoisotopic (exact) mass is 442 g/mol. The van der Waals surface area contributed by atoms with Crippen LogP contribution < -0.4 is 9.47 Å². The van der Waals surface area contributed by atoms with Crippen LogP contribution in [0.2, 0.25) is 0 Å². The van der Waals surface area contributed by atoms with Crippen molar-refractivity contribution in [2.75, 3.05) is 54.0 Å². The fraction of sp³-hybridized carbons (Fsp3) is 0.522. The maximum Gasteiger partial charge on any atom is 0.276 e. The second-order valence-electron chi connectivity index (χ2n) is 8.28. The maximum atomic E-state index is 13.3. The lowest BCUT2D eigenvalue weighted by Gasteiger charge is -2.39. The molecule has 32 heavy (non-hydrogen) atoms. The van der Waals surface area contributed by atoms with E-state index in [1.807, 2.05) is 4.90 Å². The summed E-state index contributed by atoms with van der Waals surface area (Å²) in [6, 6.07) is 6.48. The highest BCUT2D eigenvalue weighted by molar-refractivity contribution is 5.97. The third kappa shape index (κ3) is 4.43. The van der Waals surface area contributed by atoms with Crippen molar-refractivity contribution in [3.63, 3.8) is 0 Å². The molecular formula is C23H30N4O5. The van der Waals surface area contributed by atoms with E-state index in [0.717, 1.165) is 25.9 Å². The molecule has 2 saturated heterocycles. The average Bonchev–Trinajstić information content (AvgIpc) is 3.33. The molecule has 172 valence electrons. The molecule has 1 atom stereocenters. The lowest BCUT2D eigenvalue weighted by atomic mass is 9.99. The number of piperidine rings is 1. The van der Waals surface area contributed by atoms with Crippen molar-refractivity contribution in [1.82, 2.24) is 19.9 Å². The highest BCUT2D eigenvalue weighted by Gasteiger charge is 2.37. The summed E-state index contributed by atoms with van der Waals surface area (Å²) in [7, 11) is 5.20. The van der Waals surface area contributed by atoms with Crippen LogP contribution in [-0.2, 0) is 4.79 Å². The van der Waals surface area contributed by atoms with Gasteiger partial charge in [-0.05, 0) is 44.5 Å². The summed E-state index contributed by atoms with van der Waals surface area (Å²) < 4.78 is 16.2. The molecule has 0 bridgehead atoms. The number of likely N-dealkylation sites (N-methyl/N-ethyl adjacent to an activating group) is 1. The predicted molar refractivity (Wildman–Crippen MR) is 118 cm³/mol. The summed E-state index contributed by atoms with van der Waals surface area (Å²) >= 11 is 0. The van der Waals surface area contributed by atoms with E-state index < -0.39 is 6.04 Å². The van der Waals surface area contributed by atoms with Crippen LogP contribution in [0.25, 0.3) is 11.3 Å². The van der Waals surface area contributed by atoms with Gasteiger partial charge in [-0.25, -0.2) is 0 Å². The molecule has 2 amide bonds. The van der Waals surface area contributed by atoms with Gasteiger partial charge in [0, 0.05) is 38.8 Å². The van der Waals surface area contributed by atoms with Crippen LogP contribution in [0.5, 0.6) is 11.5 Å². The molecule has 0 spiro atoms. The second kappa shape index (κ2) is 9.60. The van der Waals surface area contributed by atoms with E-state index in [4.69, 9.17) is 14.0 Å². The number of amides is 2. The minimum Gasteiger partial charge on any atom is -0.497 e. The molecule has 2 fully saturated rings. The van der Waals surface area contributed by atoms with E-state index in [2.05, 4.69) is 17.1 Å². The van der Waals surface area contributed by atoms with Gasteiger partial charge in [0.2, 0.25) is 5.91 Å². The van der Waals surface area contributed by atoms with Crippen LogP contribution in [0.1, 0.15) is 29.8 Å². The van der Waals surface area contributed by atoms with Gasteiger partial charge in [0.25, 0.3) is 5.91 Å². The van der Waals surface area contributed by atoms with Crippen LogP contribution in [0.15, 0.2) is 28.8 Å². The maximum absolute atomic E-state index is 13.3. The summed E-state index contributed by atoms with van der Waals surface area (Å²) in [5.74, 6) is 1.38. The molecule has 9 nitrogen and oxygen atoms in total. The summed E-state index contributed by atoms with van der Waals surface area (Å²) in [5, 5.41) is 4.02. The third-order valence-corrected chi connectivity index (χ3v) is 6.27. The van der Waals surface area contributed by atoms with Crippen molar-refractivity contribution >= 4 is 11.8 Å². The number of methoxy groups -OCH3 is 2. The van der Waals surface area contributed by atoms with Crippen molar-refractivity contribution in [2.24, 2.45) is 0 Å². The van der Waals surface area contributed by atoms with Crippen LogP contribution >= 0.6 is 0 Å². The number of benzene rings is 1. The van der Waals surface area contributed by atoms with Crippen molar-refractivity contribution < 1.29 is 23.6 Å². The third-order valence-electron chi connectivity index (χ3n) is 6.27. The Morgan fingerprint density at radius 3 is 2.53 bits per heavy atom. The van der Waals surface area contributed by atoms with Gasteiger partial charge in [0.05, 0.1) is 19.8 Å². The standard InChI is InChI=1S/C23H30N4O5/c1-25-10-12-26(13-11-25)23(29)19-6-4-5-9-27(19)22(28)18-15-21(32-24-18)17-14-16(30-2)7-8-20(17)31-3/h7-8,14-15,19H,4-6,9-13H2,1-3H3/t19-/m0/s1. The Morgan fingerprint density at radius 1 is 1.03 bits per heavy atom. The molecule has 2 aliphatic rings. The van der Waals surface area contributed by atoms with Crippen LogP contribution in [0.3, 0.4) is 0 Å². The van der Waals surface area contributed by atoms with Gasteiger partial charge in [0.1, 0.15) is 17.5 Å². The van der Waals surface area contributed by atoms with E-state index in [-0.39, 0.29) is 17.5 Å². The van der Waals surface area contributed by atoms with E-state index in [9.17, 15) is 9.59 Å². The first-order chi connectivity index (χ1) is 15.5. The first-order valence-corrected chi connectivity index (χ1v) is 11.0. The normalized spacial score (nSPS) is 19.7. The molecule has 0 unspecified atom stereocenters. The molecule has 0 radical (unpaired) electrons. The van der Waals surface area contributed by atoms with Gasteiger partial charge >= 0.3 is 0 Å². The minimum atomic E-state index is -0.453. The van der Waals surface area contributed by atoms with Gasteiger partial charge in [0.15, 0.2) is 11.5 Å². The molecule has 1 aromatic heterocycles. The van der Waals surface area contributed by atoms with E-state index in [1.54, 1.807) is 43.4 Å². The molecule has 3 heterocycles. The zero-order valence-electron chi connectivity index (χ0n) is 18.9. The van der Waals surface area contributed by atoms with Crippen molar-refractivity contribution in [3.05, 3.63) is 30.0 Å². The highest BCUT2D eigenvalue weighted by Crippen LogP contribution is 2.34. The topological polar surface area (TPSA) is 88.4 Å². The van der Waals surface area contributed by atoms with Crippen LogP contribution in [0.4, 0.5) is 0 Å². The average molecular weight is 443 g/mol. The smallest absolute Gasteiger partial charge is 0.276 e. The largest absolute Gasteiger partial charge is 0.497 e. The molecule has 4 rings (SSSR count). The lowest BCUT2D eigenvalue weighted by Crippen LogP contribution is -2.56. The van der Waals surface area contributed by atoms with Gasteiger partial charge in [-0.2, -0.15) is 0 Å². The minimum absolute atomic E-state index is 0.0318. The number of hydrogen-bond donors (Lipinski definition) is 0. The van der Waals surface area contributed by atoms with Crippen LogP contribution in [0, 0.1) is 0 Å². The van der Waals surface area contributed by atoms with E-state index >= 15 is 0 Å². The van der Waals surface area contributed by atoms with E-state index in [1.165, 1.54) is 0 Å². The Morgan fingerprint density at radius 2 is 1.81 bits per heavy atom. The molecule has 2 aliphatic heterocycles. The van der Waals surface area contributed by atoms with Gasteiger partial charge in [-0.3, -0.25) is 9.59 Å². The Balaban J connectivity index is 1.55. The first-order valence-electron chi connectivity index (χ1n) is 11.0.